The molecular formula is C19H17FN2O3S. The summed E-state index contributed by atoms with van der Waals surface area (Å²) in [6.07, 6.45) is 0. The van der Waals surface area contributed by atoms with Crippen LogP contribution in [0, 0.1) is 19.7 Å². The zero-order valence-electron chi connectivity index (χ0n) is 14.4. The number of thioether (sulfide) groups is 1. The number of aromatic nitrogens is 2. The molecule has 0 aliphatic carbocycles. The van der Waals surface area contributed by atoms with Gasteiger partial charge in [-0.15, -0.1) is 10.2 Å². The molecule has 0 aliphatic heterocycles. The van der Waals surface area contributed by atoms with Crippen molar-refractivity contribution < 1.29 is 18.3 Å². The van der Waals surface area contributed by atoms with Crippen molar-refractivity contribution in [2.45, 2.75) is 25.7 Å². The standard InChI is InChI=1S/C19H17FN2O3S/c1-12-3-4-13(2)17(9-12)24-10-18-21-22-19(25-18)26-11-16(23)14-5-7-15(20)8-6-14/h3-9H,10-11H2,1-2H3. The maximum atomic E-state index is 12.9. The van der Waals surface area contributed by atoms with E-state index in [0.717, 1.165) is 28.6 Å². The first-order valence-corrected chi connectivity index (χ1v) is 8.94. The van der Waals surface area contributed by atoms with Crippen LogP contribution in [0.4, 0.5) is 4.39 Å². The number of Topliss-reactive ketones (excluding diaryl/α,β-unsaturated/α-hetero) is 1. The van der Waals surface area contributed by atoms with Crippen molar-refractivity contribution in [3.05, 3.63) is 70.9 Å². The van der Waals surface area contributed by atoms with Gasteiger partial charge in [0.1, 0.15) is 11.6 Å². The van der Waals surface area contributed by atoms with Crippen LogP contribution in [0.5, 0.6) is 5.75 Å². The lowest BCUT2D eigenvalue weighted by Gasteiger charge is -2.07. The number of carbonyl (C=O) groups excluding carboxylic acids is 1. The molecule has 0 saturated heterocycles. The Labute approximate surface area is 154 Å². The summed E-state index contributed by atoms with van der Waals surface area (Å²) in [5.41, 5.74) is 2.57. The predicted octanol–water partition coefficient (Wildman–Crippen LogP) is 4.38. The summed E-state index contributed by atoms with van der Waals surface area (Å²) in [5.74, 6) is 0.720. The Morgan fingerprint density at radius 2 is 1.92 bits per heavy atom. The second-order valence-electron chi connectivity index (χ2n) is 5.74. The van der Waals surface area contributed by atoms with Crippen molar-refractivity contribution in [3.63, 3.8) is 0 Å². The van der Waals surface area contributed by atoms with Gasteiger partial charge in [-0.3, -0.25) is 4.79 Å². The van der Waals surface area contributed by atoms with Crippen molar-refractivity contribution in [1.29, 1.82) is 0 Å². The van der Waals surface area contributed by atoms with Crippen LogP contribution in [0.2, 0.25) is 0 Å². The molecular weight excluding hydrogens is 355 g/mol. The lowest BCUT2D eigenvalue weighted by Crippen LogP contribution is -2.02. The van der Waals surface area contributed by atoms with Crippen LogP contribution in [0.1, 0.15) is 27.4 Å². The Morgan fingerprint density at radius 3 is 2.69 bits per heavy atom. The Bertz CT molecular complexity index is 909. The summed E-state index contributed by atoms with van der Waals surface area (Å²) in [5, 5.41) is 8.12. The molecule has 134 valence electrons. The Balaban J connectivity index is 1.53. The molecule has 0 saturated carbocycles. The topological polar surface area (TPSA) is 65.2 Å². The molecule has 0 amide bonds. The molecule has 1 heterocycles. The van der Waals surface area contributed by atoms with Gasteiger partial charge in [0.05, 0.1) is 5.75 Å². The quantitative estimate of drug-likeness (QED) is 0.453. The van der Waals surface area contributed by atoms with Crippen LogP contribution in [0.15, 0.2) is 52.1 Å². The van der Waals surface area contributed by atoms with E-state index in [-0.39, 0.29) is 24.0 Å². The summed E-state index contributed by atoms with van der Waals surface area (Å²) >= 11 is 1.14. The van der Waals surface area contributed by atoms with E-state index in [1.54, 1.807) is 0 Å². The molecule has 0 radical (unpaired) electrons. The van der Waals surface area contributed by atoms with Gasteiger partial charge in [0.25, 0.3) is 11.1 Å². The first-order valence-electron chi connectivity index (χ1n) is 7.95. The fourth-order valence-corrected chi connectivity index (χ4v) is 2.88. The van der Waals surface area contributed by atoms with E-state index in [1.165, 1.54) is 24.3 Å². The summed E-state index contributed by atoms with van der Waals surface area (Å²) in [7, 11) is 0. The molecule has 1 aromatic heterocycles. The minimum atomic E-state index is -0.375. The van der Waals surface area contributed by atoms with Gasteiger partial charge in [0, 0.05) is 5.56 Å². The highest BCUT2D eigenvalue weighted by atomic mass is 32.2. The van der Waals surface area contributed by atoms with E-state index < -0.39 is 0 Å². The van der Waals surface area contributed by atoms with Crippen LogP contribution in [-0.2, 0) is 6.61 Å². The second kappa shape index (κ2) is 8.14. The molecule has 0 aliphatic rings. The molecule has 3 rings (SSSR count). The van der Waals surface area contributed by atoms with E-state index in [2.05, 4.69) is 10.2 Å². The number of aryl methyl sites for hydroxylation is 2. The van der Waals surface area contributed by atoms with Gasteiger partial charge in [-0.2, -0.15) is 0 Å². The van der Waals surface area contributed by atoms with Gasteiger partial charge in [0.15, 0.2) is 12.4 Å². The highest BCUT2D eigenvalue weighted by Gasteiger charge is 2.12. The minimum Gasteiger partial charge on any atom is -0.484 e. The first-order chi connectivity index (χ1) is 12.5. The Morgan fingerprint density at radius 1 is 1.15 bits per heavy atom. The van der Waals surface area contributed by atoms with Gasteiger partial charge in [-0.25, -0.2) is 4.39 Å². The molecule has 0 N–H and O–H groups in total. The van der Waals surface area contributed by atoms with Crippen LogP contribution in [0.3, 0.4) is 0 Å². The van der Waals surface area contributed by atoms with Gasteiger partial charge < -0.3 is 9.15 Å². The minimum absolute atomic E-state index is 0.130. The molecule has 0 unspecified atom stereocenters. The Hall–Kier alpha value is -2.67. The predicted molar refractivity (Wildman–Crippen MR) is 96.0 cm³/mol. The zero-order valence-corrected chi connectivity index (χ0v) is 15.2. The maximum absolute atomic E-state index is 12.9. The molecule has 5 nitrogen and oxygen atoms in total. The number of nitrogens with zero attached hydrogens (tertiary/aromatic N) is 2. The van der Waals surface area contributed by atoms with Gasteiger partial charge >= 0.3 is 0 Å². The number of benzene rings is 2. The summed E-state index contributed by atoms with van der Waals surface area (Å²) in [6.45, 7) is 4.11. The molecule has 26 heavy (non-hydrogen) atoms. The average molecular weight is 372 g/mol. The second-order valence-corrected chi connectivity index (χ2v) is 6.66. The van der Waals surface area contributed by atoms with Crippen LogP contribution in [0.25, 0.3) is 0 Å². The SMILES string of the molecule is Cc1ccc(C)c(OCc2nnc(SCC(=O)c3ccc(F)cc3)o2)c1. The molecule has 0 spiro atoms. The van der Waals surface area contributed by atoms with Gasteiger partial charge in [-0.1, -0.05) is 23.9 Å². The van der Waals surface area contributed by atoms with Crippen LogP contribution < -0.4 is 4.74 Å². The third kappa shape index (κ3) is 4.70. The van der Waals surface area contributed by atoms with Gasteiger partial charge in [-0.05, 0) is 55.3 Å². The summed E-state index contributed by atoms with van der Waals surface area (Å²) in [6, 6.07) is 11.4. The molecule has 7 heteroatoms. The smallest absolute Gasteiger partial charge is 0.277 e. The monoisotopic (exact) mass is 372 g/mol. The number of ketones is 1. The number of rotatable bonds is 7. The van der Waals surface area contributed by atoms with Crippen molar-refractivity contribution in [2.24, 2.45) is 0 Å². The first kappa shape index (κ1) is 18.1. The van der Waals surface area contributed by atoms with Crippen molar-refractivity contribution in [3.8, 4) is 5.75 Å². The van der Waals surface area contributed by atoms with Crippen molar-refractivity contribution in [2.75, 3.05) is 5.75 Å². The molecule has 2 aromatic carbocycles. The lowest BCUT2D eigenvalue weighted by molar-refractivity contribution is 0.102. The average Bonchev–Trinajstić information content (AvgIpc) is 3.09. The third-order valence-corrected chi connectivity index (χ3v) is 4.45. The van der Waals surface area contributed by atoms with E-state index >= 15 is 0 Å². The summed E-state index contributed by atoms with van der Waals surface area (Å²) < 4.78 is 24.1. The lowest BCUT2D eigenvalue weighted by atomic mass is 10.1. The number of carbonyl (C=O) groups is 1. The highest BCUT2D eigenvalue weighted by molar-refractivity contribution is 7.99. The highest BCUT2D eigenvalue weighted by Crippen LogP contribution is 2.22. The normalized spacial score (nSPS) is 10.7. The summed E-state index contributed by atoms with van der Waals surface area (Å²) in [4.78, 5) is 12.1. The van der Waals surface area contributed by atoms with Crippen LogP contribution in [-0.4, -0.2) is 21.7 Å². The van der Waals surface area contributed by atoms with Crippen molar-refractivity contribution in [1.82, 2.24) is 10.2 Å². The van der Waals surface area contributed by atoms with E-state index in [1.807, 2.05) is 32.0 Å². The van der Waals surface area contributed by atoms with E-state index in [4.69, 9.17) is 9.15 Å². The molecule has 0 bridgehead atoms. The molecule has 3 aromatic rings. The largest absolute Gasteiger partial charge is 0.484 e. The van der Waals surface area contributed by atoms with Crippen molar-refractivity contribution >= 4 is 17.5 Å². The van der Waals surface area contributed by atoms with Crippen LogP contribution >= 0.6 is 11.8 Å². The number of hydrogen-bond donors (Lipinski definition) is 0. The Kier molecular flexibility index (Phi) is 5.68. The number of halogens is 1. The van der Waals surface area contributed by atoms with E-state index in [9.17, 15) is 9.18 Å². The number of hydrogen-bond acceptors (Lipinski definition) is 6. The van der Waals surface area contributed by atoms with Gasteiger partial charge in [0.2, 0.25) is 0 Å². The number of ether oxygens (including phenoxy) is 1. The van der Waals surface area contributed by atoms with E-state index in [0.29, 0.717) is 16.7 Å². The molecule has 0 atom stereocenters. The fourth-order valence-electron chi connectivity index (χ4n) is 2.20. The third-order valence-electron chi connectivity index (χ3n) is 3.64. The maximum Gasteiger partial charge on any atom is 0.277 e. The zero-order chi connectivity index (χ0) is 18.5. The fraction of sp³-hybridized carbons (Fsp3) is 0.211. The molecule has 0 fully saturated rings.